The Morgan fingerprint density at radius 2 is 2.46 bits per heavy atom. The van der Waals surface area contributed by atoms with E-state index < -0.39 is 0 Å². The molecule has 1 heterocycles. The number of hydrogen-bond donors (Lipinski definition) is 1. The van der Waals surface area contributed by atoms with Crippen LogP contribution in [-0.2, 0) is 6.42 Å². The van der Waals surface area contributed by atoms with E-state index in [1.165, 1.54) is 25.7 Å². The highest BCUT2D eigenvalue weighted by atomic mass is 32.1. The third kappa shape index (κ3) is 1.94. The van der Waals surface area contributed by atoms with Crippen molar-refractivity contribution in [1.82, 2.24) is 5.32 Å². The Balaban J connectivity index is 2.20. The summed E-state index contributed by atoms with van der Waals surface area (Å²) in [7, 11) is 2.05. The van der Waals surface area contributed by atoms with Crippen molar-refractivity contribution in [1.29, 1.82) is 0 Å². The van der Waals surface area contributed by atoms with Gasteiger partial charge in [-0.2, -0.15) is 0 Å². The highest BCUT2D eigenvalue weighted by molar-refractivity contribution is 7.10. The Morgan fingerprint density at radius 3 is 3.31 bits per heavy atom. The average molecular weight is 195 g/mol. The predicted molar refractivity (Wildman–Crippen MR) is 58.5 cm³/mol. The minimum Gasteiger partial charge on any atom is -0.319 e. The van der Waals surface area contributed by atoms with E-state index in [1.54, 1.807) is 10.4 Å². The first-order chi connectivity index (χ1) is 6.42. The lowest BCUT2D eigenvalue weighted by Crippen LogP contribution is -2.16. The summed E-state index contributed by atoms with van der Waals surface area (Å²) in [5.41, 5.74) is 1.61. The largest absolute Gasteiger partial charge is 0.319 e. The number of likely N-dealkylation sites (N-methyl/N-ethyl adjacent to an activating group) is 1. The summed E-state index contributed by atoms with van der Waals surface area (Å²) in [6, 6.07) is 2.31. The zero-order valence-corrected chi connectivity index (χ0v) is 8.99. The zero-order valence-electron chi connectivity index (χ0n) is 8.18. The average Bonchev–Trinajstić information content (AvgIpc) is 2.52. The van der Waals surface area contributed by atoms with Gasteiger partial charge in [0, 0.05) is 17.3 Å². The minimum atomic E-state index is 0.780. The van der Waals surface area contributed by atoms with Crippen LogP contribution >= 0.6 is 11.3 Å². The van der Waals surface area contributed by atoms with Gasteiger partial charge in [-0.05, 0) is 43.3 Å². The molecule has 0 spiro atoms. The van der Waals surface area contributed by atoms with Crippen molar-refractivity contribution < 1.29 is 0 Å². The molecule has 2 rings (SSSR count). The maximum absolute atomic E-state index is 3.30. The van der Waals surface area contributed by atoms with E-state index >= 15 is 0 Å². The molecule has 0 saturated heterocycles. The van der Waals surface area contributed by atoms with Crippen LogP contribution in [0.4, 0.5) is 0 Å². The summed E-state index contributed by atoms with van der Waals surface area (Å²) in [6.45, 7) is 1.15. The number of aryl methyl sites for hydroxylation is 1. The van der Waals surface area contributed by atoms with Gasteiger partial charge in [0.2, 0.25) is 0 Å². The first kappa shape index (κ1) is 9.22. The van der Waals surface area contributed by atoms with Crippen LogP contribution in [0.3, 0.4) is 0 Å². The molecule has 1 aliphatic rings. The molecule has 0 fully saturated rings. The Kier molecular flexibility index (Phi) is 3.01. The molecule has 72 valence electrons. The van der Waals surface area contributed by atoms with Crippen LogP contribution in [0.2, 0.25) is 0 Å². The summed E-state index contributed by atoms with van der Waals surface area (Å²) >= 11 is 1.95. The molecule has 1 aliphatic carbocycles. The first-order valence-corrected chi connectivity index (χ1v) is 6.00. The molecule has 0 bridgehead atoms. The van der Waals surface area contributed by atoms with Crippen LogP contribution in [0.1, 0.15) is 35.6 Å². The Hall–Kier alpha value is -0.340. The second-order valence-electron chi connectivity index (χ2n) is 3.81. The summed E-state index contributed by atoms with van der Waals surface area (Å²) < 4.78 is 0. The summed E-state index contributed by atoms with van der Waals surface area (Å²) in [6.07, 6.45) is 5.45. The van der Waals surface area contributed by atoms with Crippen LogP contribution in [0.25, 0.3) is 0 Å². The van der Waals surface area contributed by atoms with Gasteiger partial charge in [-0.1, -0.05) is 6.42 Å². The second kappa shape index (κ2) is 4.25. The summed E-state index contributed by atoms with van der Waals surface area (Å²) in [5, 5.41) is 5.55. The lowest BCUT2D eigenvalue weighted by atomic mass is 10.0. The molecule has 0 unspecified atom stereocenters. The van der Waals surface area contributed by atoms with Gasteiger partial charge in [0.15, 0.2) is 0 Å². The molecule has 0 aromatic carbocycles. The van der Waals surface area contributed by atoms with E-state index in [2.05, 4.69) is 23.8 Å². The van der Waals surface area contributed by atoms with Crippen molar-refractivity contribution in [2.45, 2.75) is 31.6 Å². The van der Waals surface area contributed by atoms with Crippen molar-refractivity contribution in [2.24, 2.45) is 0 Å². The fourth-order valence-corrected chi connectivity index (χ4v) is 3.28. The van der Waals surface area contributed by atoms with E-state index in [0.717, 1.165) is 12.5 Å². The Bertz CT molecular complexity index is 267. The van der Waals surface area contributed by atoms with Gasteiger partial charge in [0.1, 0.15) is 0 Å². The molecule has 1 nitrogen and oxygen atoms in total. The molecule has 1 aromatic heterocycles. The van der Waals surface area contributed by atoms with Crippen LogP contribution in [-0.4, -0.2) is 13.6 Å². The van der Waals surface area contributed by atoms with Crippen LogP contribution < -0.4 is 5.32 Å². The third-order valence-electron chi connectivity index (χ3n) is 2.85. The maximum atomic E-state index is 3.30. The maximum Gasteiger partial charge on any atom is 0.0121 e. The predicted octanol–water partition coefficient (Wildman–Crippen LogP) is 2.78. The number of rotatable bonds is 2. The first-order valence-electron chi connectivity index (χ1n) is 5.12. The van der Waals surface area contributed by atoms with Crippen molar-refractivity contribution in [2.75, 3.05) is 13.6 Å². The van der Waals surface area contributed by atoms with Crippen molar-refractivity contribution in [3.8, 4) is 0 Å². The topological polar surface area (TPSA) is 12.0 Å². The fourth-order valence-electron chi connectivity index (χ4n) is 2.19. The lowest BCUT2D eigenvalue weighted by Gasteiger charge is -2.13. The van der Waals surface area contributed by atoms with E-state index in [4.69, 9.17) is 0 Å². The Labute approximate surface area is 84.2 Å². The van der Waals surface area contributed by atoms with Gasteiger partial charge in [0.05, 0.1) is 0 Å². The molecular weight excluding hydrogens is 178 g/mol. The van der Waals surface area contributed by atoms with E-state index in [9.17, 15) is 0 Å². The van der Waals surface area contributed by atoms with Crippen LogP contribution in [0.15, 0.2) is 11.4 Å². The fraction of sp³-hybridized carbons (Fsp3) is 0.636. The molecule has 13 heavy (non-hydrogen) atoms. The monoisotopic (exact) mass is 195 g/mol. The number of hydrogen-bond acceptors (Lipinski definition) is 2. The quantitative estimate of drug-likeness (QED) is 0.716. The SMILES string of the molecule is CNC[C@@H]1CCCCc2ccsc21. The van der Waals surface area contributed by atoms with Gasteiger partial charge in [-0.15, -0.1) is 11.3 Å². The summed E-state index contributed by atoms with van der Waals surface area (Å²) in [4.78, 5) is 1.65. The van der Waals surface area contributed by atoms with Gasteiger partial charge < -0.3 is 5.32 Å². The van der Waals surface area contributed by atoms with Crippen molar-refractivity contribution in [3.05, 3.63) is 21.9 Å². The molecule has 0 aliphatic heterocycles. The molecule has 0 amide bonds. The highest BCUT2D eigenvalue weighted by Gasteiger charge is 2.18. The van der Waals surface area contributed by atoms with Gasteiger partial charge in [-0.25, -0.2) is 0 Å². The van der Waals surface area contributed by atoms with Crippen molar-refractivity contribution in [3.63, 3.8) is 0 Å². The Morgan fingerprint density at radius 1 is 1.54 bits per heavy atom. The van der Waals surface area contributed by atoms with E-state index in [1.807, 2.05) is 11.3 Å². The minimum absolute atomic E-state index is 0.780. The van der Waals surface area contributed by atoms with Crippen LogP contribution in [0.5, 0.6) is 0 Å². The molecule has 1 aromatic rings. The number of nitrogens with one attached hydrogen (secondary N) is 1. The van der Waals surface area contributed by atoms with Crippen LogP contribution in [0, 0.1) is 0 Å². The van der Waals surface area contributed by atoms with Gasteiger partial charge in [0.25, 0.3) is 0 Å². The molecule has 1 atom stereocenters. The zero-order chi connectivity index (χ0) is 9.10. The second-order valence-corrected chi connectivity index (χ2v) is 4.76. The molecule has 0 radical (unpaired) electrons. The standard InChI is InChI=1S/C11H17NS/c1-12-8-10-5-3-2-4-9-6-7-13-11(9)10/h6-7,10,12H,2-5,8H2,1H3/t10-/m0/s1. The number of fused-ring (bicyclic) bond motifs is 1. The third-order valence-corrected chi connectivity index (χ3v) is 3.97. The van der Waals surface area contributed by atoms with Crippen molar-refractivity contribution >= 4 is 11.3 Å². The molecule has 2 heteroatoms. The van der Waals surface area contributed by atoms with E-state index in [0.29, 0.717) is 0 Å². The van der Waals surface area contributed by atoms with Gasteiger partial charge in [-0.3, -0.25) is 0 Å². The highest BCUT2D eigenvalue weighted by Crippen LogP contribution is 2.33. The molecule has 0 saturated carbocycles. The smallest absolute Gasteiger partial charge is 0.0121 e. The summed E-state index contributed by atoms with van der Waals surface area (Å²) in [5.74, 6) is 0.780. The lowest BCUT2D eigenvalue weighted by molar-refractivity contribution is 0.571. The van der Waals surface area contributed by atoms with E-state index in [-0.39, 0.29) is 0 Å². The normalized spacial score (nSPS) is 22.4. The van der Waals surface area contributed by atoms with Gasteiger partial charge >= 0.3 is 0 Å². The molecule has 1 N–H and O–H groups in total. The molecular formula is C11H17NS. The number of thiophene rings is 1.